The lowest BCUT2D eigenvalue weighted by Gasteiger charge is -2.30. The van der Waals surface area contributed by atoms with Crippen LogP contribution in [0.15, 0.2) is 6.07 Å². The van der Waals surface area contributed by atoms with Crippen LogP contribution in [-0.4, -0.2) is 41.7 Å². The Balaban J connectivity index is 2.18. The van der Waals surface area contributed by atoms with Crippen LogP contribution >= 0.6 is 0 Å². The van der Waals surface area contributed by atoms with Crippen LogP contribution in [0.1, 0.15) is 39.4 Å². The number of anilines is 1. The Labute approximate surface area is 121 Å². The van der Waals surface area contributed by atoms with Gasteiger partial charge < -0.3 is 15.0 Å². The van der Waals surface area contributed by atoms with Gasteiger partial charge in [-0.2, -0.15) is 4.98 Å². The maximum Gasteiger partial charge on any atom is 0.218 e. The molecular formula is C15H26N4O. The number of aryl methyl sites for hydroxylation is 1. The normalized spacial score (nSPS) is 18.6. The van der Waals surface area contributed by atoms with E-state index in [1.165, 1.54) is 12.8 Å². The first-order chi connectivity index (χ1) is 9.60. The Morgan fingerprint density at radius 2 is 2.25 bits per heavy atom. The number of hydrogen-bond donors (Lipinski definition) is 1. The molecule has 1 aliphatic rings. The van der Waals surface area contributed by atoms with Crippen LogP contribution in [0.25, 0.3) is 0 Å². The molecule has 0 aromatic carbocycles. The molecule has 1 aromatic heterocycles. The summed E-state index contributed by atoms with van der Waals surface area (Å²) in [7, 11) is 0. The van der Waals surface area contributed by atoms with Crippen LogP contribution in [0, 0.1) is 6.92 Å². The fourth-order valence-corrected chi connectivity index (χ4v) is 2.61. The second kappa shape index (κ2) is 6.88. The van der Waals surface area contributed by atoms with Gasteiger partial charge in [0, 0.05) is 24.7 Å². The van der Waals surface area contributed by atoms with Crippen molar-refractivity contribution in [3.63, 3.8) is 0 Å². The first-order valence-corrected chi connectivity index (χ1v) is 7.58. The molecule has 0 saturated carbocycles. The predicted octanol–water partition coefficient (Wildman–Crippen LogP) is 2.15. The van der Waals surface area contributed by atoms with E-state index in [0.29, 0.717) is 24.6 Å². The van der Waals surface area contributed by atoms with E-state index >= 15 is 0 Å². The summed E-state index contributed by atoms with van der Waals surface area (Å²) in [6, 6.07) is 2.91. The van der Waals surface area contributed by atoms with Gasteiger partial charge in [0.1, 0.15) is 11.6 Å². The number of rotatable bonds is 6. The zero-order valence-electron chi connectivity index (χ0n) is 13.0. The van der Waals surface area contributed by atoms with Crippen molar-refractivity contribution >= 4 is 5.82 Å². The molecule has 0 bridgehead atoms. The molecule has 20 heavy (non-hydrogen) atoms. The second-order valence-corrected chi connectivity index (χ2v) is 5.58. The van der Waals surface area contributed by atoms with Gasteiger partial charge in [-0.05, 0) is 47.1 Å². The van der Waals surface area contributed by atoms with Crippen molar-refractivity contribution in [3.8, 4) is 5.88 Å². The average molecular weight is 278 g/mol. The predicted molar refractivity (Wildman–Crippen MR) is 81.4 cm³/mol. The van der Waals surface area contributed by atoms with E-state index < -0.39 is 0 Å². The highest BCUT2D eigenvalue weighted by Crippen LogP contribution is 2.21. The van der Waals surface area contributed by atoms with Crippen molar-refractivity contribution in [2.45, 2.75) is 52.6 Å². The maximum absolute atomic E-state index is 5.53. The van der Waals surface area contributed by atoms with Crippen molar-refractivity contribution in [2.24, 2.45) is 0 Å². The lowest BCUT2D eigenvalue weighted by molar-refractivity contribution is 0.325. The molecule has 2 rings (SSSR count). The molecular weight excluding hydrogens is 252 g/mol. The van der Waals surface area contributed by atoms with Gasteiger partial charge in [-0.3, -0.25) is 0 Å². The standard InChI is InChI=1S/C15H26N4O/c1-5-20-15-9-14(17-12(4)18-15)19(11(2)3)10-13-7-6-8-16-13/h9,11,13,16H,5-8,10H2,1-4H3. The Morgan fingerprint density at radius 1 is 1.45 bits per heavy atom. The van der Waals surface area contributed by atoms with E-state index in [0.717, 1.165) is 24.7 Å². The molecule has 1 unspecified atom stereocenters. The fraction of sp³-hybridized carbons (Fsp3) is 0.733. The molecule has 1 atom stereocenters. The minimum absolute atomic E-state index is 0.404. The van der Waals surface area contributed by atoms with Gasteiger partial charge in [0.15, 0.2) is 0 Å². The summed E-state index contributed by atoms with van der Waals surface area (Å²) in [6.45, 7) is 11.0. The largest absolute Gasteiger partial charge is 0.478 e. The number of nitrogens with one attached hydrogen (secondary N) is 1. The Bertz CT molecular complexity index is 430. The van der Waals surface area contributed by atoms with Crippen LogP contribution in [0.3, 0.4) is 0 Å². The molecule has 1 N–H and O–H groups in total. The Kier molecular flexibility index (Phi) is 5.17. The van der Waals surface area contributed by atoms with Gasteiger partial charge in [0.25, 0.3) is 0 Å². The molecule has 112 valence electrons. The van der Waals surface area contributed by atoms with Crippen molar-refractivity contribution in [2.75, 3.05) is 24.6 Å². The van der Waals surface area contributed by atoms with Crippen molar-refractivity contribution in [3.05, 3.63) is 11.9 Å². The van der Waals surface area contributed by atoms with E-state index in [1.807, 2.05) is 19.9 Å². The molecule has 0 amide bonds. The van der Waals surface area contributed by atoms with Crippen LogP contribution < -0.4 is 15.0 Å². The summed E-state index contributed by atoms with van der Waals surface area (Å²) in [5.41, 5.74) is 0. The highest BCUT2D eigenvalue weighted by Gasteiger charge is 2.21. The number of nitrogens with zero attached hydrogens (tertiary/aromatic N) is 3. The summed E-state index contributed by atoms with van der Waals surface area (Å²) in [4.78, 5) is 11.2. The minimum Gasteiger partial charge on any atom is -0.478 e. The fourth-order valence-electron chi connectivity index (χ4n) is 2.61. The minimum atomic E-state index is 0.404. The maximum atomic E-state index is 5.53. The summed E-state index contributed by atoms with van der Waals surface area (Å²) in [5.74, 6) is 2.39. The molecule has 1 aromatic rings. The van der Waals surface area contributed by atoms with E-state index in [4.69, 9.17) is 4.74 Å². The molecule has 0 radical (unpaired) electrons. The first-order valence-electron chi connectivity index (χ1n) is 7.58. The summed E-state index contributed by atoms with van der Waals surface area (Å²) < 4.78 is 5.53. The summed E-state index contributed by atoms with van der Waals surface area (Å²) >= 11 is 0. The van der Waals surface area contributed by atoms with Crippen molar-refractivity contribution in [1.29, 1.82) is 0 Å². The number of aromatic nitrogens is 2. The van der Waals surface area contributed by atoms with Crippen molar-refractivity contribution in [1.82, 2.24) is 15.3 Å². The van der Waals surface area contributed by atoms with E-state index in [2.05, 4.69) is 34.0 Å². The molecule has 1 saturated heterocycles. The van der Waals surface area contributed by atoms with Gasteiger partial charge in [-0.15, -0.1) is 0 Å². The van der Waals surface area contributed by atoms with E-state index in [9.17, 15) is 0 Å². The topological polar surface area (TPSA) is 50.3 Å². The zero-order chi connectivity index (χ0) is 14.5. The number of ether oxygens (including phenoxy) is 1. The highest BCUT2D eigenvalue weighted by atomic mass is 16.5. The Hall–Kier alpha value is -1.36. The van der Waals surface area contributed by atoms with Gasteiger partial charge in [-0.25, -0.2) is 4.98 Å². The van der Waals surface area contributed by atoms with Crippen molar-refractivity contribution < 1.29 is 4.74 Å². The third-order valence-electron chi connectivity index (χ3n) is 3.59. The lowest BCUT2D eigenvalue weighted by Crippen LogP contribution is -2.41. The monoisotopic (exact) mass is 278 g/mol. The van der Waals surface area contributed by atoms with Gasteiger partial charge in [0.2, 0.25) is 5.88 Å². The lowest BCUT2D eigenvalue weighted by atomic mass is 10.2. The number of hydrogen-bond acceptors (Lipinski definition) is 5. The summed E-state index contributed by atoms with van der Waals surface area (Å²) in [6.07, 6.45) is 2.51. The second-order valence-electron chi connectivity index (χ2n) is 5.58. The molecule has 5 heteroatoms. The van der Waals surface area contributed by atoms with Gasteiger partial charge in [0.05, 0.1) is 6.61 Å². The quantitative estimate of drug-likeness (QED) is 0.864. The van der Waals surface area contributed by atoms with Crippen LogP contribution in [0.4, 0.5) is 5.82 Å². The molecule has 0 aliphatic carbocycles. The summed E-state index contributed by atoms with van der Waals surface area (Å²) in [5, 5.41) is 3.55. The van der Waals surface area contributed by atoms with Crippen LogP contribution in [0.5, 0.6) is 5.88 Å². The SMILES string of the molecule is CCOc1cc(N(CC2CCCN2)C(C)C)nc(C)n1. The molecule has 1 fully saturated rings. The van der Waals surface area contributed by atoms with Crippen LogP contribution in [0.2, 0.25) is 0 Å². The molecule has 0 spiro atoms. The smallest absolute Gasteiger partial charge is 0.218 e. The van der Waals surface area contributed by atoms with Crippen LogP contribution in [-0.2, 0) is 0 Å². The average Bonchev–Trinajstić information content (AvgIpc) is 2.88. The molecule has 2 heterocycles. The van der Waals surface area contributed by atoms with Gasteiger partial charge >= 0.3 is 0 Å². The zero-order valence-corrected chi connectivity index (χ0v) is 13.0. The first kappa shape index (κ1) is 15.0. The van der Waals surface area contributed by atoms with E-state index in [-0.39, 0.29) is 0 Å². The molecule has 5 nitrogen and oxygen atoms in total. The Morgan fingerprint density at radius 3 is 2.85 bits per heavy atom. The van der Waals surface area contributed by atoms with E-state index in [1.54, 1.807) is 0 Å². The third-order valence-corrected chi connectivity index (χ3v) is 3.59. The molecule has 1 aliphatic heterocycles. The van der Waals surface area contributed by atoms with Gasteiger partial charge in [-0.1, -0.05) is 0 Å². The highest BCUT2D eigenvalue weighted by molar-refractivity contribution is 5.43. The third kappa shape index (κ3) is 3.82.